The average molecular weight is 413 g/mol. The number of fused-ring (bicyclic) bond motifs is 1. The first-order valence-electron chi connectivity index (χ1n) is 8.69. The summed E-state index contributed by atoms with van der Waals surface area (Å²) in [4.78, 5) is 39.0. The zero-order valence-electron chi connectivity index (χ0n) is 15.4. The first-order valence-corrected chi connectivity index (χ1v) is 9.07. The van der Waals surface area contributed by atoms with Crippen molar-refractivity contribution in [2.45, 2.75) is 6.92 Å². The largest absolute Gasteiger partial charge is 0.506 e. The van der Waals surface area contributed by atoms with E-state index in [1.807, 2.05) is 6.92 Å². The van der Waals surface area contributed by atoms with E-state index in [4.69, 9.17) is 16.3 Å². The molecule has 0 radical (unpaired) electrons. The number of anilines is 1. The number of aromatic nitrogens is 1. The highest BCUT2D eigenvalue weighted by Gasteiger charge is 2.11. The van der Waals surface area contributed by atoms with Crippen LogP contribution in [-0.2, 0) is 4.79 Å². The van der Waals surface area contributed by atoms with Gasteiger partial charge in [0.2, 0.25) is 5.91 Å². The number of H-pyrrole nitrogens is 1. The molecule has 1 aromatic heterocycles. The Bertz CT molecular complexity index is 1220. The quantitative estimate of drug-likeness (QED) is 0.440. The normalized spacial score (nSPS) is 11.0. The number of carbonyl (C=O) groups excluding carboxylic acids is 1. The number of aromatic hydroxyl groups is 1. The van der Waals surface area contributed by atoms with Crippen LogP contribution in [0, 0.1) is 0 Å². The third-order valence-electron chi connectivity index (χ3n) is 4.03. The maximum Gasteiger partial charge on any atom is 0.296 e. The van der Waals surface area contributed by atoms with Crippen molar-refractivity contribution in [2.75, 3.05) is 11.9 Å². The number of hydrogen-bond donors (Lipinski definition) is 3. The van der Waals surface area contributed by atoms with Gasteiger partial charge in [0.25, 0.3) is 11.0 Å². The molecule has 3 aromatic rings. The molecule has 0 saturated heterocycles. The molecular formula is C21H17ClN2O5. The van der Waals surface area contributed by atoms with Crippen molar-refractivity contribution in [3.05, 3.63) is 79.7 Å². The van der Waals surface area contributed by atoms with E-state index in [-0.39, 0.29) is 16.5 Å². The number of benzene rings is 2. The van der Waals surface area contributed by atoms with Crippen LogP contribution < -0.4 is 21.0 Å². The molecule has 0 atom stereocenters. The van der Waals surface area contributed by atoms with Gasteiger partial charge in [0, 0.05) is 22.2 Å². The monoisotopic (exact) mass is 412 g/mol. The van der Waals surface area contributed by atoms with E-state index in [0.717, 1.165) is 12.2 Å². The van der Waals surface area contributed by atoms with E-state index in [2.05, 4.69) is 10.3 Å². The average Bonchev–Trinajstić information content (AvgIpc) is 2.77. The maximum atomic E-state index is 12.3. The minimum absolute atomic E-state index is 0.204. The van der Waals surface area contributed by atoms with Crippen LogP contribution in [0.3, 0.4) is 0 Å². The van der Waals surface area contributed by atoms with E-state index >= 15 is 0 Å². The lowest BCUT2D eigenvalue weighted by Crippen LogP contribution is -2.25. The molecule has 0 fully saturated rings. The summed E-state index contributed by atoms with van der Waals surface area (Å²) in [7, 11) is 0. The molecule has 1 heterocycles. The summed E-state index contributed by atoms with van der Waals surface area (Å²) < 4.78 is 5.33. The number of ether oxygens (including phenoxy) is 1. The van der Waals surface area contributed by atoms with Gasteiger partial charge in [-0.25, -0.2) is 0 Å². The zero-order chi connectivity index (χ0) is 21.0. The molecule has 29 heavy (non-hydrogen) atoms. The van der Waals surface area contributed by atoms with Gasteiger partial charge in [0.05, 0.1) is 17.7 Å². The highest BCUT2D eigenvalue weighted by molar-refractivity contribution is 6.31. The third-order valence-corrected chi connectivity index (χ3v) is 4.26. The van der Waals surface area contributed by atoms with Crippen LogP contribution in [-0.4, -0.2) is 22.6 Å². The summed E-state index contributed by atoms with van der Waals surface area (Å²) in [5, 5.41) is 13.7. The minimum atomic E-state index is -0.972. The second-order valence-corrected chi connectivity index (χ2v) is 6.45. The molecular weight excluding hydrogens is 396 g/mol. The van der Waals surface area contributed by atoms with Gasteiger partial charge in [0.15, 0.2) is 0 Å². The second kappa shape index (κ2) is 8.62. The van der Waals surface area contributed by atoms with E-state index in [9.17, 15) is 19.5 Å². The predicted octanol–water partition coefficient (Wildman–Crippen LogP) is 3.30. The Morgan fingerprint density at radius 3 is 2.62 bits per heavy atom. The van der Waals surface area contributed by atoms with Crippen molar-refractivity contribution in [2.24, 2.45) is 0 Å². The maximum absolute atomic E-state index is 12.3. The molecule has 8 heteroatoms. The van der Waals surface area contributed by atoms with Crippen molar-refractivity contribution in [1.29, 1.82) is 0 Å². The molecule has 0 saturated carbocycles. The smallest absolute Gasteiger partial charge is 0.296 e. The van der Waals surface area contributed by atoms with Crippen LogP contribution in [0.4, 0.5) is 5.69 Å². The lowest BCUT2D eigenvalue weighted by Gasteiger charge is -2.05. The van der Waals surface area contributed by atoms with E-state index in [1.165, 1.54) is 18.2 Å². The SMILES string of the molecule is CCOc1ccc(NC(=O)/C=C/c2c(O)c3ccc(Cl)cc3[nH]c(=O)c2=O)cc1. The van der Waals surface area contributed by atoms with Crippen LogP contribution in [0.2, 0.25) is 5.02 Å². The van der Waals surface area contributed by atoms with Crippen LogP contribution in [0.15, 0.2) is 58.1 Å². The summed E-state index contributed by atoms with van der Waals surface area (Å²) in [5.74, 6) is -0.293. The van der Waals surface area contributed by atoms with Gasteiger partial charge in [-0.15, -0.1) is 0 Å². The van der Waals surface area contributed by atoms with Crippen molar-refractivity contribution in [3.8, 4) is 11.5 Å². The van der Waals surface area contributed by atoms with Crippen molar-refractivity contribution < 1.29 is 14.6 Å². The number of carbonyl (C=O) groups is 1. The number of rotatable bonds is 5. The Morgan fingerprint density at radius 2 is 1.93 bits per heavy atom. The van der Waals surface area contributed by atoms with Gasteiger partial charge >= 0.3 is 0 Å². The molecule has 2 aromatic carbocycles. The summed E-state index contributed by atoms with van der Waals surface area (Å²) >= 11 is 5.90. The topological polar surface area (TPSA) is 108 Å². The molecule has 0 aliphatic carbocycles. The Balaban J connectivity index is 1.91. The zero-order valence-corrected chi connectivity index (χ0v) is 16.1. The number of aromatic amines is 1. The standard InChI is InChI=1S/C21H17ClN2O5/c1-2-29-14-6-4-13(5-7-14)23-18(25)10-9-16-19(26)15-8-3-12(22)11-17(15)24-21(28)20(16)27/h3-11,26H,2H2,1H3,(H,23,25)(H,24,27,28)/b10-9+. The molecule has 0 bridgehead atoms. The Kier molecular flexibility index (Phi) is 5.99. The van der Waals surface area contributed by atoms with E-state index in [1.54, 1.807) is 24.3 Å². The lowest BCUT2D eigenvalue weighted by molar-refractivity contribution is -0.111. The highest BCUT2D eigenvalue weighted by atomic mass is 35.5. The summed E-state index contributed by atoms with van der Waals surface area (Å²) in [6.07, 6.45) is 2.17. The summed E-state index contributed by atoms with van der Waals surface area (Å²) in [6.45, 7) is 2.40. The molecule has 0 unspecified atom stereocenters. The highest BCUT2D eigenvalue weighted by Crippen LogP contribution is 2.26. The first kappa shape index (κ1) is 20.2. The summed E-state index contributed by atoms with van der Waals surface area (Å²) in [6, 6.07) is 11.1. The molecule has 3 N–H and O–H groups in total. The fourth-order valence-electron chi connectivity index (χ4n) is 2.68. The Morgan fingerprint density at radius 1 is 1.21 bits per heavy atom. The second-order valence-electron chi connectivity index (χ2n) is 6.02. The number of hydrogen-bond acceptors (Lipinski definition) is 5. The van der Waals surface area contributed by atoms with Gasteiger partial charge in [-0.3, -0.25) is 14.4 Å². The first-order chi connectivity index (χ1) is 13.9. The molecule has 3 rings (SSSR count). The van der Waals surface area contributed by atoms with Crippen LogP contribution in [0.5, 0.6) is 11.5 Å². The Hall–Kier alpha value is -3.58. The molecule has 0 aliphatic heterocycles. The molecule has 148 valence electrons. The lowest BCUT2D eigenvalue weighted by atomic mass is 10.1. The van der Waals surface area contributed by atoms with Gasteiger partial charge in [-0.1, -0.05) is 11.6 Å². The Labute approximate surface area is 170 Å². The molecule has 7 nitrogen and oxygen atoms in total. The number of halogens is 1. The van der Waals surface area contributed by atoms with Crippen LogP contribution in [0.1, 0.15) is 12.5 Å². The van der Waals surface area contributed by atoms with Crippen molar-refractivity contribution in [1.82, 2.24) is 4.98 Å². The molecule has 0 spiro atoms. The van der Waals surface area contributed by atoms with Gasteiger partial charge in [0.1, 0.15) is 11.5 Å². The fraction of sp³-hybridized carbons (Fsp3) is 0.0952. The van der Waals surface area contributed by atoms with E-state index in [0.29, 0.717) is 23.1 Å². The third kappa shape index (κ3) is 4.64. The number of amides is 1. The van der Waals surface area contributed by atoms with Crippen molar-refractivity contribution in [3.63, 3.8) is 0 Å². The predicted molar refractivity (Wildman–Crippen MR) is 113 cm³/mol. The molecule has 1 amide bonds. The molecule has 0 aliphatic rings. The van der Waals surface area contributed by atoms with Gasteiger partial charge in [-0.05, 0) is 55.5 Å². The number of nitrogens with one attached hydrogen (secondary N) is 2. The summed E-state index contributed by atoms with van der Waals surface area (Å²) in [5.41, 5.74) is -1.49. The van der Waals surface area contributed by atoms with E-state index < -0.39 is 22.6 Å². The van der Waals surface area contributed by atoms with Crippen LogP contribution in [0.25, 0.3) is 17.0 Å². The fourth-order valence-corrected chi connectivity index (χ4v) is 2.85. The van der Waals surface area contributed by atoms with Crippen LogP contribution >= 0.6 is 11.6 Å². The minimum Gasteiger partial charge on any atom is -0.506 e. The van der Waals surface area contributed by atoms with Crippen molar-refractivity contribution >= 4 is 40.2 Å². The van der Waals surface area contributed by atoms with Gasteiger partial charge in [-0.2, -0.15) is 0 Å². The van der Waals surface area contributed by atoms with Gasteiger partial charge < -0.3 is 20.1 Å².